The molecule has 1 aliphatic rings. The fourth-order valence-electron chi connectivity index (χ4n) is 1.41. The van der Waals surface area contributed by atoms with Gasteiger partial charge in [0, 0.05) is 12.5 Å². The van der Waals surface area contributed by atoms with Crippen molar-refractivity contribution in [2.24, 2.45) is 5.92 Å². The lowest BCUT2D eigenvalue weighted by Crippen LogP contribution is -2.31. The Hall–Kier alpha value is -0.640. The Labute approximate surface area is 77.2 Å². The van der Waals surface area contributed by atoms with Crippen LogP contribution in [0.3, 0.4) is 0 Å². The quantitative estimate of drug-likeness (QED) is 0.629. The first-order valence-corrected chi connectivity index (χ1v) is 4.61. The lowest BCUT2D eigenvalue weighted by molar-refractivity contribution is -0.146. The van der Waals surface area contributed by atoms with E-state index < -0.39 is 6.17 Å². The average molecular weight is 190 g/mol. The van der Waals surface area contributed by atoms with E-state index in [2.05, 4.69) is 0 Å². The van der Waals surface area contributed by atoms with Gasteiger partial charge >= 0.3 is 5.97 Å². The molecule has 0 amide bonds. The second-order valence-corrected chi connectivity index (χ2v) is 3.15. The van der Waals surface area contributed by atoms with Gasteiger partial charge in [-0.15, -0.1) is 0 Å². The molecule has 0 spiro atoms. The molecule has 0 radical (unpaired) electrons. The second-order valence-electron chi connectivity index (χ2n) is 3.15. The minimum Gasteiger partial charge on any atom is -0.466 e. The van der Waals surface area contributed by atoms with E-state index in [1.807, 2.05) is 0 Å². The fraction of sp³-hybridized carbons (Fsp3) is 0.889. The van der Waals surface area contributed by atoms with Crippen LogP contribution in [0.15, 0.2) is 0 Å². The largest absolute Gasteiger partial charge is 0.466 e. The van der Waals surface area contributed by atoms with Gasteiger partial charge in [0.25, 0.3) is 0 Å². The van der Waals surface area contributed by atoms with Crippen LogP contribution in [0.1, 0.15) is 19.8 Å². The van der Waals surface area contributed by atoms with Gasteiger partial charge in [-0.05, 0) is 13.3 Å². The number of rotatable bonds is 3. The fourth-order valence-corrected chi connectivity index (χ4v) is 1.41. The molecular weight excluding hydrogens is 175 g/mol. The third-order valence-electron chi connectivity index (χ3n) is 2.16. The third-order valence-corrected chi connectivity index (χ3v) is 2.16. The molecule has 1 rings (SSSR count). The Bertz CT molecular complexity index is 172. The first kappa shape index (κ1) is 10.4. The maximum absolute atomic E-state index is 13.1. The van der Waals surface area contributed by atoms with Crippen LogP contribution in [0.25, 0.3) is 0 Å². The zero-order valence-electron chi connectivity index (χ0n) is 7.79. The van der Waals surface area contributed by atoms with Gasteiger partial charge in [0.05, 0.1) is 19.6 Å². The molecule has 0 bridgehead atoms. The number of hydrogen-bond donors (Lipinski definition) is 0. The number of halogens is 1. The van der Waals surface area contributed by atoms with Gasteiger partial charge in [0.2, 0.25) is 0 Å². The van der Waals surface area contributed by atoms with Crippen LogP contribution in [0, 0.1) is 5.92 Å². The van der Waals surface area contributed by atoms with E-state index in [-0.39, 0.29) is 24.9 Å². The maximum atomic E-state index is 13.1. The minimum atomic E-state index is -1.02. The summed E-state index contributed by atoms with van der Waals surface area (Å²) in [4.78, 5) is 11.0. The van der Waals surface area contributed by atoms with Crippen LogP contribution in [0.4, 0.5) is 4.39 Å². The first-order valence-electron chi connectivity index (χ1n) is 4.61. The van der Waals surface area contributed by atoms with Gasteiger partial charge in [-0.3, -0.25) is 4.79 Å². The molecule has 0 aliphatic carbocycles. The smallest absolute Gasteiger partial charge is 0.306 e. The Kier molecular flexibility index (Phi) is 4.15. The highest BCUT2D eigenvalue weighted by Crippen LogP contribution is 2.22. The standard InChI is InChI=1S/C9H15FO3/c1-2-13-9(11)5-7-3-4-12-6-8(7)10/h7-8H,2-6H2,1H3/t7-,8+/m1/s1. The Morgan fingerprint density at radius 3 is 3.08 bits per heavy atom. The molecule has 2 atom stereocenters. The summed E-state index contributed by atoms with van der Waals surface area (Å²) in [6.07, 6.45) is -0.226. The molecule has 1 heterocycles. The second kappa shape index (κ2) is 5.17. The molecule has 76 valence electrons. The van der Waals surface area contributed by atoms with Crippen molar-refractivity contribution in [3.8, 4) is 0 Å². The van der Waals surface area contributed by atoms with E-state index in [4.69, 9.17) is 9.47 Å². The molecule has 0 saturated carbocycles. The minimum absolute atomic E-state index is 0.115. The van der Waals surface area contributed by atoms with E-state index in [0.29, 0.717) is 19.6 Å². The molecule has 0 aromatic carbocycles. The summed E-state index contributed by atoms with van der Waals surface area (Å²) in [7, 11) is 0. The molecule has 3 nitrogen and oxygen atoms in total. The van der Waals surface area contributed by atoms with Gasteiger partial charge in [0.15, 0.2) is 0 Å². The topological polar surface area (TPSA) is 35.5 Å². The summed E-state index contributed by atoms with van der Waals surface area (Å²) in [5.74, 6) is -0.523. The van der Waals surface area contributed by atoms with Gasteiger partial charge in [0.1, 0.15) is 6.17 Å². The summed E-state index contributed by atoms with van der Waals surface area (Å²) in [6.45, 7) is 2.77. The summed E-state index contributed by atoms with van der Waals surface area (Å²) >= 11 is 0. The van der Waals surface area contributed by atoms with Crippen molar-refractivity contribution >= 4 is 5.97 Å². The zero-order valence-corrected chi connectivity index (χ0v) is 7.79. The van der Waals surface area contributed by atoms with Crippen molar-refractivity contribution in [3.05, 3.63) is 0 Å². The maximum Gasteiger partial charge on any atom is 0.306 e. The molecule has 0 aromatic heterocycles. The van der Waals surface area contributed by atoms with Crippen molar-refractivity contribution in [3.63, 3.8) is 0 Å². The van der Waals surface area contributed by atoms with Gasteiger partial charge in [-0.25, -0.2) is 4.39 Å². The van der Waals surface area contributed by atoms with E-state index in [0.717, 1.165) is 0 Å². The van der Waals surface area contributed by atoms with Crippen LogP contribution in [-0.4, -0.2) is 32.0 Å². The molecule has 1 saturated heterocycles. The Morgan fingerprint density at radius 1 is 1.69 bits per heavy atom. The predicted octanol–water partition coefficient (Wildman–Crippen LogP) is 1.31. The number of hydrogen-bond acceptors (Lipinski definition) is 3. The number of esters is 1. The molecule has 1 aliphatic heterocycles. The number of ether oxygens (including phenoxy) is 2. The van der Waals surface area contributed by atoms with Crippen molar-refractivity contribution in [2.45, 2.75) is 25.9 Å². The van der Waals surface area contributed by atoms with Crippen LogP contribution < -0.4 is 0 Å². The van der Waals surface area contributed by atoms with Gasteiger partial charge in [-0.1, -0.05) is 0 Å². The number of alkyl halides is 1. The van der Waals surface area contributed by atoms with Gasteiger partial charge < -0.3 is 9.47 Å². The summed E-state index contributed by atoms with van der Waals surface area (Å²) in [5, 5.41) is 0. The van der Waals surface area contributed by atoms with Gasteiger partial charge in [-0.2, -0.15) is 0 Å². The van der Waals surface area contributed by atoms with E-state index in [9.17, 15) is 9.18 Å². The average Bonchev–Trinajstić information content (AvgIpc) is 2.09. The highest BCUT2D eigenvalue weighted by molar-refractivity contribution is 5.69. The monoisotopic (exact) mass is 190 g/mol. The number of carbonyl (C=O) groups excluding carboxylic acids is 1. The van der Waals surface area contributed by atoms with E-state index in [1.54, 1.807) is 6.92 Å². The van der Waals surface area contributed by atoms with Crippen LogP contribution in [0.5, 0.6) is 0 Å². The normalized spacial score (nSPS) is 28.5. The zero-order chi connectivity index (χ0) is 9.68. The van der Waals surface area contributed by atoms with Crippen LogP contribution in [0.2, 0.25) is 0 Å². The Balaban J connectivity index is 2.29. The first-order chi connectivity index (χ1) is 6.24. The van der Waals surface area contributed by atoms with Crippen molar-refractivity contribution in [1.29, 1.82) is 0 Å². The van der Waals surface area contributed by atoms with Crippen molar-refractivity contribution in [1.82, 2.24) is 0 Å². The molecule has 4 heteroatoms. The summed E-state index contributed by atoms with van der Waals surface area (Å²) in [6, 6.07) is 0. The molecule has 0 aromatic rings. The van der Waals surface area contributed by atoms with Crippen LogP contribution >= 0.6 is 0 Å². The third kappa shape index (κ3) is 3.30. The van der Waals surface area contributed by atoms with Crippen LogP contribution in [-0.2, 0) is 14.3 Å². The van der Waals surface area contributed by atoms with Crippen molar-refractivity contribution < 1.29 is 18.7 Å². The molecular formula is C9H15FO3. The molecule has 13 heavy (non-hydrogen) atoms. The highest BCUT2D eigenvalue weighted by Gasteiger charge is 2.27. The lowest BCUT2D eigenvalue weighted by atomic mass is 9.95. The predicted molar refractivity (Wildman–Crippen MR) is 45.1 cm³/mol. The molecule has 0 unspecified atom stereocenters. The lowest BCUT2D eigenvalue weighted by Gasteiger charge is -2.24. The van der Waals surface area contributed by atoms with Crippen molar-refractivity contribution in [2.75, 3.05) is 19.8 Å². The highest BCUT2D eigenvalue weighted by atomic mass is 19.1. The summed E-state index contributed by atoms with van der Waals surface area (Å²) in [5.41, 5.74) is 0. The number of carbonyl (C=O) groups is 1. The van der Waals surface area contributed by atoms with E-state index >= 15 is 0 Å². The summed E-state index contributed by atoms with van der Waals surface area (Å²) < 4.78 is 22.8. The van der Waals surface area contributed by atoms with E-state index in [1.165, 1.54) is 0 Å². The molecule has 0 N–H and O–H groups in total. The Morgan fingerprint density at radius 2 is 2.46 bits per heavy atom. The molecule has 1 fully saturated rings. The SMILES string of the molecule is CCOC(=O)C[C@H]1CCOC[C@@H]1F.